The van der Waals surface area contributed by atoms with Crippen LogP contribution in [0.25, 0.3) is 0 Å². The van der Waals surface area contributed by atoms with Gasteiger partial charge in [-0.15, -0.1) is 0 Å². The smallest absolute Gasteiger partial charge is 0.329 e. The molecule has 0 heterocycles. The second kappa shape index (κ2) is 8.89. The Morgan fingerprint density at radius 3 is 2.64 bits per heavy atom. The third kappa shape index (κ3) is 4.92. The molecule has 2 N–H and O–H groups in total. The number of ether oxygens (including phenoxy) is 2. The Kier molecular flexibility index (Phi) is 7.18. The first-order valence-electron chi connectivity index (χ1n) is 6.65. The average molecular weight is 328 g/mol. The third-order valence-electron chi connectivity index (χ3n) is 2.46. The SMILES string of the molecule is CCNC(=O)C(=O)N/N=C\c1cc(Cl)c(OCC)c(OC)c1. The van der Waals surface area contributed by atoms with Crippen LogP contribution in [0.4, 0.5) is 0 Å². The number of hydrazone groups is 1. The molecule has 0 fully saturated rings. The molecule has 0 bridgehead atoms. The molecule has 8 heteroatoms. The van der Waals surface area contributed by atoms with Gasteiger partial charge in [0.25, 0.3) is 0 Å². The standard InChI is InChI=1S/C14H18ClN3O4/c1-4-16-13(19)14(20)18-17-8-9-6-10(15)12(22-5-2)11(7-9)21-3/h6-8H,4-5H2,1-3H3,(H,16,19)(H,18,20)/b17-8-. The predicted molar refractivity (Wildman–Crippen MR) is 83.6 cm³/mol. The van der Waals surface area contributed by atoms with Gasteiger partial charge in [0.15, 0.2) is 11.5 Å². The third-order valence-corrected chi connectivity index (χ3v) is 2.74. The molecule has 7 nitrogen and oxygen atoms in total. The van der Waals surface area contributed by atoms with Gasteiger partial charge in [0, 0.05) is 6.54 Å². The highest BCUT2D eigenvalue weighted by Crippen LogP contribution is 2.35. The van der Waals surface area contributed by atoms with Crippen molar-refractivity contribution < 1.29 is 19.1 Å². The zero-order valence-electron chi connectivity index (χ0n) is 12.6. The molecule has 1 aromatic rings. The summed E-state index contributed by atoms with van der Waals surface area (Å²) >= 11 is 6.11. The molecule has 0 spiro atoms. The van der Waals surface area contributed by atoms with Gasteiger partial charge in [0.05, 0.1) is 25.0 Å². The quantitative estimate of drug-likeness (QED) is 0.468. The minimum Gasteiger partial charge on any atom is -0.493 e. The summed E-state index contributed by atoms with van der Waals surface area (Å²) in [6.45, 7) is 4.36. The summed E-state index contributed by atoms with van der Waals surface area (Å²) in [5, 5.41) is 6.42. The fourth-order valence-corrected chi connectivity index (χ4v) is 1.83. The Bertz CT molecular complexity index is 575. The van der Waals surface area contributed by atoms with Crippen molar-refractivity contribution in [3.8, 4) is 11.5 Å². The molecule has 0 radical (unpaired) electrons. The predicted octanol–water partition coefficient (Wildman–Crippen LogP) is 1.33. The van der Waals surface area contributed by atoms with E-state index in [1.807, 2.05) is 6.92 Å². The lowest BCUT2D eigenvalue weighted by Crippen LogP contribution is -2.37. The number of hydrogen-bond acceptors (Lipinski definition) is 5. The van der Waals surface area contributed by atoms with Crippen molar-refractivity contribution in [2.24, 2.45) is 5.10 Å². The molecule has 120 valence electrons. The van der Waals surface area contributed by atoms with Crippen LogP contribution >= 0.6 is 11.6 Å². The monoisotopic (exact) mass is 327 g/mol. The number of rotatable bonds is 6. The molecule has 0 aliphatic carbocycles. The summed E-state index contributed by atoms with van der Waals surface area (Å²) in [6, 6.07) is 3.26. The Hall–Kier alpha value is -2.28. The summed E-state index contributed by atoms with van der Waals surface area (Å²) < 4.78 is 10.6. The lowest BCUT2D eigenvalue weighted by Gasteiger charge is -2.11. The summed E-state index contributed by atoms with van der Waals surface area (Å²) in [6.07, 6.45) is 1.35. The Balaban J connectivity index is 2.81. The minimum atomic E-state index is -0.845. The minimum absolute atomic E-state index is 0.359. The largest absolute Gasteiger partial charge is 0.493 e. The van der Waals surface area contributed by atoms with Crippen LogP contribution in [0, 0.1) is 0 Å². The van der Waals surface area contributed by atoms with E-state index in [2.05, 4.69) is 15.8 Å². The average Bonchev–Trinajstić information content (AvgIpc) is 2.49. The maximum absolute atomic E-state index is 11.3. The van der Waals surface area contributed by atoms with Gasteiger partial charge in [0.1, 0.15) is 0 Å². The van der Waals surface area contributed by atoms with Gasteiger partial charge in [-0.2, -0.15) is 5.10 Å². The highest BCUT2D eigenvalue weighted by atomic mass is 35.5. The van der Waals surface area contributed by atoms with Crippen molar-refractivity contribution in [2.45, 2.75) is 13.8 Å². The van der Waals surface area contributed by atoms with E-state index in [0.717, 1.165) is 0 Å². The van der Waals surface area contributed by atoms with Gasteiger partial charge in [-0.1, -0.05) is 11.6 Å². The molecule has 0 saturated heterocycles. The fourth-order valence-electron chi connectivity index (χ4n) is 1.56. The normalized spacial score (nSPS) is 10.4. The fraction of sp³-hybridized carbons (Fsp3) is 0.357. The number of halogens is 1. The Morgan fingerprint density at radius 2 is 2.05 bits per heavy atom. The number of amides is 2. The Morgan fingerprint density at radius 1 is 1.32 bits per heavy atom. The second-order valence-electron chi connectivity index (χ2n) is 4.03. The van der Waals surface area contributed by atoms with E-state index in [-0.39, 0.29) is 0 Å². The van der Waals surface area contributed by atoms with Gasteiger partial charge in [-0.3, -0.25) is 9.59 Å². The van der Waals surface area contributed by atoms with Crippen LogP contribution in [-0.2, 0) is 9.59 Å². The highest BCUT2D eigenvalue weighted by Gasteiger charge is 2.12. The number of nitrogens with zero attached hydrogens (tertiary/aromatic N) is 1. The molecule has 0 aromatic heterocycles. The molecule has 0 aliphatic rings. The number of benzene rings is 1. The van der Waals surface area contributed by atoms with Gasteiger partial charge in [-0.25, -0.2) is 5.43 Å². The van der Waals surface area contributed by atoms with Crippen molar-refractivity contribution >= 4 is 29.6 Å². The molecule has 0 atom stereocenters. The number of likely N-dealkylation sites (N-methyl/N-ethyl adjacent to an activating group) is 1. The zero-order valence-corrected chi connectivity index (χ0v) is 13.4. The van der Waals surface area contributed by atoms with E-state index in [1.165, 1.54) is 13.3 Å². The molecule has 1 rings (SSSR count). The first-order chi connectivity index (χ1) is 10.5. The number of hydrogen-bond donors (Lipinski definition) is 2. The number of carbonyl (C=O) groups excluding carboxylic acids is 2. The molecule has 0 unspecified atom stereocenters. The summed E-state index contributed by atoms with van der Waals surface area (Å²) in [4.78, 5) is 22.5. The van der Waals surface area contributed by atoms with E-state index < -0.39 is 11.8 Å². The Labute approximate surface area is 133 Å². The van der Waals surface area contributed by atoms with Crippen LogP contribution in [0.2, 0.25) is 5.02 Å². The highest BCUT2D eigenvalue weighted by molar-refractivity contribution is 6.35. The number of methoxy groups -OCH3 is 1. The van der Waals surface area contributed by atoms with Crippen LogP contribution in [0.15, 0.2) is 17.2 Å². The van der Waals surface area contributed by atoms with Crippen molar-refractivity contribution in [2.75, 3.05) is 20.3 Å². The van der Waals surface area contributed by atoms with Crippen molar-refractivity contribution in [1.82, 2.24) is 10.7 Å². The van der Waals surface area contributed by atoms with Crippen molar-refractivity contribution in [1.29, 1.82) is 0 Å². The topological polar surface area (TPSA) is 89.0 Å². The first kappa shape index (κ1) is 17.8. The molecule has 0 aliphatic heterocycles. The van der Waals surface area contributed by atoms with E-state index >= 15 is 0 Å². The molecule has 0 saturated carbocycles. The zero-order chi connectivity index (χ0) is 16.5. The van der Waals surface area contributed by atoms with E-state index in [4.69, 9.17) is 21.1 Å². The summed E-state index contributed by atoms with van der Waals surface area (Å²) in [5.41, 5.74) is 2.70. The molecule has 2 amide bonds. The lowest BCUT2D eigenvalue weighted by molar-refractivity contribution is -0.139. The number of carbonyl (C=O) groups is 2. The maximum Gasteiger partial charge on any atom is 0.329 e. The van der Waals surface area contributed by atoms with Gasteiger partial charge in [0.2, 0.25) is 0 Å². The van der Waals surface area contributed by atoms with Crippen LogP contribution in [0.1, 0.15) is 19.4 Å². The van der Waals surface area contributed by atoms with E-state index in [0.29, 0.717) is 35.2 Å². The molecule has 1 aromatic carbocycles. The van der Waals surface area contributed by atoms with Crippen LogP contribution in [-0.4, -0.2) is 38.3 Å². The van der Waals surface area contributed by atoms with E-state index in [1.54, 1.807) is 19.1 Å². The summed E-state index contributed by atoms with van der Waals surface area (Å²) in [7, 11) is 1.49. The van der Waals surface area contributed by atoms with Gasteiger partial charge < -0.3 is 14.8 Å². The van der Waals surface area contributed by atoms with Crippen LogP contribution < -0.4 is 20.2 Å². The van der Waals surface area contributed by atoms with E-state index in [9.17, 15) is 9.59 Å². The van der Waals surface area contributed by atoms with Crippen molar-refractivity contribution in [3.63, 3.8) is 0 Å². The molecular weight excluding hydrogens is 310 g/mol. The van der Waals surface area contributed by atoms with Crippen LogP contribution in [0.3, 0.4) is 0 Å². The molecule has 22 heavy (non-hydrogen) atoms. The van der Waals surface area contributed by atoms with Crippen molar-refractivity contribution in [3.05, 3.63) is 22.7 Å². The lowest BCUT2D eigenvalue weighted by atomic mass is 10.2. The van der Waals surface area contributed by atoms with Gasteiger partial charge in [-0.05, 0) is 31.5 Å². The maximum atomic E-state index is 11.3. The number of nitrogens with one attached hydrogen (secondary N) is 2. The first-order valence-corrected chi connectivity index (χ1v) is 7.02. The van der Waals surface area contributed by atoms with Crippen LogP contribution in [0.5, 0.6) is 11.5 Å². The summed E-state index contributed by atoms with van der Waals surface area (Å²) in [5.74, 6) is -0.704. The second-order valence-corrected chi connectivity index (χ2v) is 4.43. The molecular formula is C14H18ClN3O4. The van der Waals surface area contributed by atoms with Gasteiger partial charge >= 0.3 is 11.8 Å².